The van der Waals surface area contributed by atoms with Crippen molar-refractivity contribution in [2.24, 2.45) is 5.41 Å². The van der Waals surface area contributed by atoms with Crippen LogP contribution in [0.3, 0.4) is 0 Å². The van der Waals surface area contributed by atoms with Gasteiger partial charge in [-0.2, -0.15) is 0 Å². The number of hydrogen-bond acceptors (Lipinski definition) is 6. The van der Waals surface area contributed by atoms with E-state index in [9.17, 15) is 4.79 Å². The van der Waals surface area contributed by atoms with Crippen molar-refractivity contribution in [2.75, 3.05) is 50.9 Å². The molecule has 7 nitrogen and oxygen atoms in total. The fraction of sp³-hybridized carbons (Fsp3) is 0.706. The van der Waals surface area contributed by atoms with Gasteiger partial charge in [0.2, 0.25) is 5.95 Å². The van der Waals surface area contributed by atoms with E-state index < -0.39 is 0 Å². The summed E-state index contributed by atoms with van der Waals surface area (Å²) in [7, 11) is 0. The number of ether oxygens (including phenoxy) is 2. The van der Waals surface area contributed by atoms with Crippen LogP contribution in [-0.4, -0.2) is 72.9 Å². The minimum absolute atomic E-state index is 0.0377. The van der Waals surface area contributed by atoms with E-state index in [1.165, 1.54) is 0 Å². The molecule has 4 heterocycles. The lowest BCUT2D eigenvalue weighted by Crippen LogP contribution is -2.46. The first-order chi connectivity index (χ1) is 11.8. The van der Waals surface area contributed by atoms with Crippen LogP contribution >= 0.6 is 0 Å². The smallest absolute Gasteiger partial charge is 0.251 e. The number of carbonyl (C=O) groups excluding carboxylic acids is 1. The molecule has 3 fully saturated rings. The van der Waals surface area contributed by atoms with Crippen molar-refractivity contribution < 1.29 is 14.3 Å². The molecule has 3 saturated heterocycles. The van der Waals surface area contributed by atoms with Gasteiger partial charge in [0.15, 0.2) is 0 Å². The van der Waals surface area contributed by atoms with Crippen LogP contribution in [-0.2, 0) is 14.3 Å². The highest BCUT2D eigenvalue weighted by atomic mass is 16.5. The van der Waals surface area contributed by atoms with Gasteiger partial charge in [-0.15, -0.1) is 0 Å². The second-order valence-electron chi connectivity index (χ2n) is 7.03. The Hall–Kier alpha value is -1.73. The highest BCUT2D eigenvalue weighted by Crippen LogP contribution is 2.35. The van der Waals surface area contributed by atoms with Gasteiger partial charge in [0.1, 0.15) is 6.10 Å². The van der Waals surface area contributed by atoms with E-state index >= 15 is 0 Å². The average molecular weight is 332 g/mol. The fourth-order valence-corrected chi connectivity index (χ4v) is 3.96. The van der Waals surface area contributed by atoms with Gasteiger partial charge >= 0.3 is 0 Å². The van der Waals surface area contributed by atoms with Gasteiger partial charge in [-0.25, -0.2) is 9.97 Å². The maximum atomic E-state index is 12.8. The second kappa shape index (κ2) is 6.64. The van der Waals surface area contributed by atoms with Crippen LogP contribution in [0.25, 0.3) is 0 Å². The summed E-state index contributed by atoms with van der Waals surface area (Å²) in [5.74, 6) is 0.891. The number of amides is 1. The van der Waals surface area contributed by atoms with Crippen molar-refractivity contribution in [3.63, 3.8) is 0 Å². The molecule has 0 bridgehead atoms. The van der Waals surface area contributed by atoms with E-state index in [1.807, 2.05) is 11.0 Å². The van der Waals surface area contributed by atoms with Gasteiger partial charge < -0.3 is 19.3 Å². The summed E-state index contributed by atoms with van der Waals surface area (Å²) < 4.78 is 11.4. The van der Waals surface area contributed by atoms with Crippen LogP contribution < -0.4 is 4.90 Å². The second-order valence-corrected chi connectivity index (χ2v) is 7.03. The molecular weight excluding hydrogens is 308 g/mol. The number of aromatic nitrogens is 2. The van der Waals surface area contributed by atoms with Gasteiger partial charge in [0.05, 0.1) is 13.2 Å². The zero-order valence-electron chi connectivity index (χ0n) is 13.9. The van der Waals surface area contributed by atoms with Crippen LogP contribution in [0, 0.1) is 5.41 Å². The monoisotopic (exact) mass is 332 g/mol. The van der Waals surface area contributed by atoms with E-state index in [4.69, 9.17) is 9.47 Å². The van der Waals surface area contributed by atoms with E-state index in [0.717, 1.165) is 44.8 Å². The quantitative estimate of drug-likeness (QED) is 0.795. The topological polar surface area (TPSA) is 67.8 Å². The molecule has 7 heteroatoms. The maximum Gasteiger partial charge on any atom is 0.251 e. The van der Waals surface area contributed by atoms with Crippen LogP contribution in [0.4, 0.5) is 5.95 Å². The molecule has 0 unspecified atom stereocenters. The average Bonchev–Trinajstić information content (AvgIpc) is 3.24. The van der Waals surface area contributed by atoms with E-state index in [2.05, 4.69) is 14.9 Å². The summed E-state index contributed by atoms with van der Waals surface area (Å²) in [4.78, 5) is 25.6. The lowest BCUT2D eigenvalue weighted by molar-refractivity contribution is -0.141. The van der Waals surface area contributed by atoms with Gasteiger partial charge in [0.25, 0.3) is 5.91 Å². The Morgan fingerprint density at radius 3 is 2.88 bits per heavy atom. The Bertz CT molecular complexity index is 578. The summed E-state index contributed by atoms with van der Waals surface area (Å²) in [5, 5.41) is 0. The van der Waals surface area contributed by atoms with Crippen LogP contribution in [0.15, 0.2) is 18.5 Å². The molecule has 24 heavy (non-hydrogen) atoms. The first-order valence-corrected chi connectivity index (χ1v) is 8.76. The third kappa shape index (κ3) is 3.10. The summed E-state index contributed by atoms with van der Waals surface area (Å²) in [5.41, 5.74) is -0.0377. The summed E-state index contributed by atoms with van der Waals surface area (Å²) >= 11 is 0. The molecule has 1 aromatic heterocycles. The minimum atomic E-state index is -0.255. The van der Waals surface area contributed by atoms with Crippen molar-refractivity contribution in [2.45, 2.75) is 25.4 Å². The molecule has 2 atom stereocenters. The molecule has 0 aliphatic carbocycles. The Balaban J connectivity index is 1.47. The van der Waals surface area contributed by atoms with Crippen molar-refractivity contribution in [1.82, 2.24) is 14.9 Å². The standard InChI is InChI=1S/C17H24N4O3/c22-15(14-3-1-9-24-14)20-8-10-23-13-17(11-20)4-7-21(12-17)16-18-5-2-6-19-16/h2,5-6,14H,1,3-4,7-13H2/t14-,17-/m1/s1. The van der Waals surface area contributed by atoms with Crippen molar-refractivity contribution in [3.8, 4) is 0 Å². The number of anilines is 1. The fourth-order valence-electron chi connectivity index (χ4n) is 3.96. The first-order valence-electron chi connectivity index (χ1n) is 8.76. The van der Waals surface area contributed by atoms with E-state index in [-0.39, 0.29) is 17.4 Å². The Kier molecular flexibility index (Phi) is 4.37. The normalized spacial score (nSPS) is 30.8. The van der Waals surface area contributed by atoms with Gasteiger partial charge in [-0.1, -0.05) is 0 Å². The molecule has 3 aliphatic rings. The lowest BCUT2D eigenvalue weighted by Gasteiger charge is -2.32. The minimum Gasteiger partial charge on any atom is -0.379 e. The molecule has 1 spiro atoms. The van der Waals surface area contributed by atoms with Crippen molar-refractivity contribution in [1.29, 1.82) is 0 Å². The van der Waals surface area contributed by atoms with Gasteiger partial charge in [-0.05, 0) is 25.3 Å². The molecule has 130 valence electrons. The van der Waals surface area contributed by atoms with Crippen molar-refractivity contribution in [3.05, 3.63) is 18.5 Å². The molecule has 0 radical (unpaired) electrons. The molecule has 1 aromatic rings. The number of hydrogen-bond donors (Lipinski definition) is 0. The Labute approximate surface area is 142 Å². The zero-order chi connectivity index (χ0) is 16.4. The summed E-state index contributed by atoms with van der Waals surface area (Å²) in [6, 6.07) is 1.83. The van der Waals surface area contributed by atoms with Crippen LogP contribution in [0.5, 0.6) is 0 Å². The molecule has 0 saturated carbocycles. The largest absolute Gasteiger partial charge is 0.379 e. The lowest BCUT2D eigenvalue weighted by atomic mass is 9.87. The van der Waals surface area contributed by atoms with E-state index in [0.29, 0.717) is 26.4 Å². The molecular formula is C17H24N4O3. The zero-order valence-corrected chi connectivity index (χ0v) is 13.9. The first kappa shape index (κ1) is 15.8. The highest BCUT2D eigenvalue weighted by Gasteiger charge is 2.44. The highest BCUT2D eigenvalue weighted by molar-refractivity contribution is 5.81. The Morgan fingerprint density at radius 1 is 1.21 bits per heavy atom. The summed E-state index contributed by atoms with van der Waals surface area (Å²) in [6.45, 7) is 5.09. The summed E-state index contributed by atoms with van der Waals surface area (Å²) in [6.07, 6.45) is 6.09. The van der Waals surface area contributed by atoms with Gasteiger partial charge in [0, 0.05) is 50.6 Å². The predicted octanol–water partition coefficient (Wildman–Crippen LogP) is 0.711. The molecule has 3 aliphatic heterocycles. The number of carbonyl (C=O) groups is 1. The molecule has 1 amide bonds. The third-order valence-electron chi connectivity index (χ3n) is 5.23. The Morgan fingerprint density at radius 2 is 2.08 bits per heavy atom. The maximum absolute atomic E-state index is 12.8. The van der Waals surface area contributed by atoms with Gasteiger partial charge in [-0.3, -0.25) is 4.79 Å². The molecule has 4 rings (SSSR count). The number of nitrogens with zero attached hydrogens (tertiary/aromatic N) is 4. The van der Waals surface area contributed by atoms with Crippen molar-refractivity contribution >= 4 is 11.9 Å². The van der Waals surface area contributed by atoms with E-state index in [1.54, 1.807) is 12.4 Å². The molecule has 0 aromatic carbocycles. The third-order valence-corrected chi connectivity index (χ3v) is 5.23. The predicted molar refractivity (Wildman–Crippen MR) is 87.7 cm³/mol. The van der Waals surface area contributed by atoms with Crippen LogP contribution in [0.1, 0.15) is 19.3 Å². The molecule has 0 N–H and O–H groups in total. The number of rotatable bonds is 2. The SMILES string of the molecule is O=C([C@H]1CCCO1)N1CCOC[C@]2(CCN(c3ncccn3)C2)C1. The van der Waals surface area contributed by atoms with Crippen LogP contribution in [0.2, 0.25) is 0 Å².